The molecule has 0 unspecified atom stereocenters. The number of hydrogen-bond donors (Lipinski definition) is 1. The van der Waals surface area contributed by atoms with Crippen LogP contribution in [0.3, 0.4) is 0 Å². The smallest absolute Gasteiger partial charge is 0.137 e. The van der Waals surface area contributed by atoms with Crippen LogP contribution >= 0.6 is 0 Å². The zero-order valence-corrected chi connectivity index (χ0v) is 9.69. The topological polar surface area (TPSA) is 37.8 Å². The molecular formula is C14H15N3. The fourth-order valence-electron chi connectivity index (χ4n) is 1.70. The highest BCUT2D eigenvalue weighted by molar-refractivity contribution is 5.88. The first-order chi connectivity index (χ1) is 8.42. The highest BCUT2D eigenvalue weighted by Crippen LogP contribution is 2.18. The molecule has 1 aromatic heterocycles. The molecule has 3 heteroatoms. The van der Waals surface area contributed by atoms with E-state index in [-0.39, 0.29) is 0 Å². The Labute approximate surface area is 101 Å². The summed E-state index contributed by atoms with van der Waals surface area (Å²) in [6.07, 6.45) is 9.74. The number of hydrogen-bond acceptors (Lipinski definition) is 3. The van der Waals surface area contributed by atoms with Gasteiger partial charge in [0.2, 0.25) is 0 Å². The summed E-state index contributed by atoms with van der Waals surface area (Å²) in [6, 6.07) is 7.99. The number of para-hydroxylation sites is 1. The van der Waals surface area contributed by atoms with Crippen molar-refractivity contribution < 1.29 is 0 Å². The Hall–Kier alpha value is -2.08. The summed E-state index contributed by atoms with van der Waals surface area (Å²) in [5, 5.41) is 4.39. The fraction of sp³-hybridized carbons (Fsp3) is 0.286. The molecule has 0 aliphatic rings. The second-order valence-electron chi connectivity index (χ2n) is 3.83. The Morgan fingerprint density at radius 3 is 2.94 bits per heavy atom. The Kier molecular flexibility index (Phi) is 3.93. The SMILES string of the molecule is C#CCCCCNc1ncnc2ccccc12. The second-order valence-corrected chi connectivity index (χ2v) is 3.83. The van der Waals surface area contributed by atoms with Gasteiger partial charge in [-0.3, -0.25) is 0 Å². The van der Waals surface area contributed by atoms with Crippen LogP contribution in [0.5, 0.6) is 0 Å². The van der Waals surface area contributed by atoms with Gasteiger partial charge < -0.3 is 5.32 Å². The van der Waals surface area contributed by atoms with E-state index in [1.807, 2.05) is 24.3 Å². The Morgan fingerprint density at radius 1 is 1.18 bits per heavy atom. The van der Waals surface area contributed by atoms with E-state index in [2.05, 4.69) is 21.2 Å². The summed E-state index contributed by atoms with van der Waals surface area (Å²) in [4.78, 5) is 8.48. The van der Waals surface area contributed by atoms with Crippen LogP contribution in [0.2, 0.25) is 0 Å². The van der Waals surface area contributed by atoms with Crippen LogP contribution < -0.4 is 5.32 Å². The molecule has 0 saturated heterocycles. The van der Waals surface area contributed by atoms with Gasteiger partial charge in [0, 0.05) is 18.4 Å². The molecule has 86 valence electrons. The van der Waals surface area contributed by atoms with Crippen molar-refractivity contribution in [1.82, 2.24) is 9.97 Å². The normalized spacial score (nSPS) is 10.1. The summed E-state index contributed by atoms with van der Waals surface area (Å²) in [5.41, 5.74) is 0.966. The lowest BCUT2D eigenvalue weighted by atomic mass is 10.2. The van der Waals surface area contributed by atoms with E-state index in [4.69, 9.17) is 6.42 Å². The van der Waals surface area contributed by atoms with Crippen molar-refractivity contribution in [3.8, 4) is 12.3 Å². The predicted molar refractivity (Wildman–Crippen MR) is 70.7 cm³/mol. The third kappa shape index (κ3) is 2.94. The predicted octanol–water partition coefficient (Wildman–Crippen LogP) is 2.85. The van der Waals surface area contributed by atoms with E-state index in [0.717, 1.165) is 42.5 Å². The van der Waals surface area contributed by atoms with Gasteiger partial charge in [-0.25, -0.2) is 9.97 Å². The van der Waals surface area contributed by atoms with Gasteiger partial charge >= 0.3 is 0 Å². The molecule has 0 bridgehead atoms. The van der Waals surface area contributed by atoms with E-state index in [1.54, 1.807) is 6.33 Å². The minimum atomic E-state index is 0.839. The van der Waals surface area contributed by atoms with Gasteiger partial charge in [0.1, 0.15) is 12.1 Å². The van der Waals surface area contributed by atoms with Gasteiger partial charge in [-0.15, -0.1) is 12.3 Å². The summed E-state index contributed by atoms with van der Waals surface area (Å²) >= 11 is 0. The minimum absolute atomic E-state index is 0.839. The maximum absolute atomic E-state index is 5.21. The molecule has 1 heterocycles. The molecule has 0 spiro atoms. The number of nitrogens with one attached hydrogen (secondary N) is 1. The Bertz CT molecular complexity index is 523. The maximum atomic E-state index is 5.21. The number of rotatable bonds is 5. The summed E-state index contributed by atoms with van der Waals surface area (Å²) in [6.45, 7) is 0.892. The van der Waals surface area contributed by atoms with Crippen LogP contribution in [-0.2, 0) is 0 Å². The zero-order valence-electron chi connectivity index (χ0n) is 9.69. The Morgan fingerprint density at radius 2 is 2.06 bits per heavy atom. The van der Waals surface area contributed by atoms with Crippen molar-refractivity contribution in [2.75, 3.05) is 11.9 Å². The lowest BCUT2D eigenvalue weighted by Crippen LogP contribution is -2.04. The molecular weight excluding hydrogens is 210 g/mol. The van der Waals surface area contributed by atoms with Gasteiger partial charge in [0.05, 0.1) is 5.52 Å². The van der Waals surface area contributed by atoms with Crippen molar-refractivity contribution in [2.45, 2.75) is 19.3 Å². The van der Waals surface area contributed by atoms with Gasteiger partial charge in [0.15, 0.2) is 0 Å². The third-order valence-corrected chi connectivity index (χ3v) is 2.58. The molecule has 1 aromatic carbocycles. The van der Waals surface area contributed by atoms with Crippen molar-refractivity contribution in [3.63, 3.8) is 0 Å². The van der Waals surface area contributed by atoms with Gasteiger partial charge in [-0.2, -0.15) is 0 Å². The molecule has 0 amide bonds. The number of anilines is 1. The molecule has 1 N–H and O–H groups in total. The second kappa shape index (κ2) is 5.86. The van der Waals surface area contributed by atoms with Crippen LogP contribution in [-0.4, -0.2) is 16.5 Å². The maximum Gasteiger partial charge on any atom is 0.137 e. The van der Waals surface area contributed by atoms with Crippen molar-refractivity contribution in [2.24, 2.45) is 0 Å². The third-order valence-electron chi connectivity index (χ3n) is 2.58. The molecule has 0 fully saturated rings. The highest BCUT2D eigenvalue weighted by atomic mass is 15.0. The fourth-order valence-corrected chi connectivity index (χ4v) is 1.70. The van der Waals surface area contributed by atoms with E-state index in [9.17, 15) is 0 Å². The number of terminal acetylenes is 1. The summed E-state index contributed by atoms with van der Waals surface area (Å²) in [7, 11) is 0. The van der Waals surface area contributed by atoms with E-state index >= 15 is 0 Å². The number of nitrogens with zero attached hydrogens (tertiary/aromatic N) is 2. The molecule has 2 aromatic rings. The first kappa shape index (κ1) is 11.4. The number of benzene rings is 1. The quantitative estimate of drug-likeness (QED) is 0.628. The average molecular weight is 225 g/mol. The standard InChI is InChI=1S/C14H15N3/c1-2-3-4-7-10-15-14-12-8-5-6-9-13(12)16-11-17-14/h1,5-6,8-9,11H,3-4,7,10H2,(H,15,16,17). The first-order valence-electron chi connectivity index (χ1n) is 5.79. The van der Waals surface area contributed by atoms with E-state index in [1.165, 1.54) is 0 Å². The highest BCUT2D eigenvalue weighted by Gasteiger charge is 2.01. The van der Waals surface area contributed by atoms with Gasteiger partial charge in [-0.05, 0) is 25.0 Å². The van der Waals surface area contributed by atoms with Crippen molar-refractivity contribution in [3.05, 3.63) is 30.6 Å². The van der Waals surface area contributed by atoms with E-state index in [0.29, 0.717) is 0 Å². The largest absolute Gasteiger partial charge is 0.369 e. The molecule has 0 aliphatic carbocycles. The van der Waals surface area contributed by atoms with Crippen LogP contribution in [0.4, 0.5) is 5.82 Å². The number of unbranched alkanes of at least 4 members (excludes halogenated alkanes) is 2. The van der Waals surface area contributed by atoms with Crippen molar-refractivity contribution in [1.29, 1.82) is 0 Å². The van der Waals surface area contributed by atoms with Crippen LogP contribution in [0.25, 0.3) is 10.9 Å². The zero-order chi connectivity index (χ0) is 11.9. The molecule has 0 aliphatic heterocycles. The Balaban J connectivity index is 2.01. The number of aromatic nitrogens is 2. The van der Waals surface area contributed by atoms with Gasteiger partial charge in [0.25, 0.3) is 0 Å². The molecule has 0 saturated carbocycles. The lowest BCUT2D eigenvalue weighted by Gasteiger charge is -2.07. The van der Waals surface area contributed by atoms with E-state index < -0.39 is 0 Å². The number of fused-ring (bicyclic) bond motifs is 1. The minimum Gasteiger partial charge on any atom is -0.369 e. The first-order valence-corrected chi connectivity index (χ1v) is 5.79. The van der Waals surface area contributed by atoms with Gasteiger partial charge in [-0.1, -0.05) is 12.1 Å². The monoisotopic (exact) mass is 225 g/mol. The average Bonchev–Trinajstić information content (AvgIpc) is 2.39. The van der Waals surface area contributed by atoms with Crippen molar-refractivity contribution >= 4 is 16.7 Å². The van der Waals surface area contributed by atoms with Crippen LogP contribution in [0.1, 0.15) is 19.3 Å². The summed E-state index contributed by atoms with van der Waals surface area (Å²) < 4.78 is 0. The van der Waals surface area contributed by atoms with Crippen LogP contribution in [0, 0.1) is 12.3 Å². The molecule has 2 rings (SSSR count). The molecule has 3 nitrogen and oxygen atoms in total. The molecule has 0 radical (unpaired) electrons. The van der Waals surface area contributed by atoms with Crippen LogP contribution in [0.15, 0.2) is 30.6 Å². The lowest BCUT2D eigenvalue weighted by molar-refractivity contribution is 0.788. The summed E-state index contributed by atoms with van der Waals surface area (Å²) in [5.74, 6) is 3.54. The molecule has 17 heavy (non-hydrogen) atoms. The molecule has 0 atom stereocenters.